The largest absolute Gasteiger partial charge is 0.465 e. The van der Waals surface area contributed by atoms with E-state index in [1.165, 1.54) is 7.11 Å². The zero-order valence-corrected chi connectivity index (χ0v) is 10.9. The van der Waals surface area contributed by atoms with Gasteiger partial charge >= 0.3 is 5.97 Å². The van der Waals surface area contributed by atoms with Crippen molar-refractivity contribution in [3.05, 3.63) is 48.0 Å². The van der Waals surface area contributed by atoms with E-state index < -0.39 is 0 Å². The third-order valence-electron chi connectivity index (χ3n) is 2.27. The third kappa shape index (κ3) is 3.07. The van der Waals surface area contributed by atoms with E-state index in [-0.39, 0.29) is 5.97 Å². The molecule has 18 heavy (non-hydrogen) atoms. The molecular weight excluding hydrogens is 248 g/mol. The molecule has 92 valence electrons. The number of rotatable bonds is 3. The van der Waals surface area contributed by atoms with E-state index in [1.807, 2.05) is 19.1 Å². The van der Waals surface area contributed by atoms with Crippen LogP contribution in [0.5, 0.6) is 0 Å². The molecule has 0 fully saturated rings. The van der Waals surface area contributed by atoms with Gasteiger partial charge in [0.2, 0.25) is 0 Å². The van der Waals surface area contributed by atoms with Gasteiger partial charge in [0, 0.05) is 22.2 Å². The molecule has 0 N–H and O–H groups in total. The summed E-state index contributed by atoms with van der Waals surface area (Å²) in [5.74, 6) is 0.422. The molecule has 0 saturated carbocycles. The number of methoxy groups -OCH3 is 1. The third-order valence-corrected chi connectivity index (χ3v) is 3.22. The van der Waals surface area contributed by atoms with Crippen LogP contribution >= 0.6 is 11.8 Å². The Balaban J connectivity index is 2.10. The van der Waals surface area contributed by atoms with E-state index in [4.69, 9.17) is 0 Å². The Morgan fingerprint density at radius 3 is 2.28 bits per heavy atom. The van der Waals surface area contributed by atoms with Gasteiger partial charge < -0.3 is 4.74 Å². The van der Waals surface area contributed by atoms with Crippen LogP contribution in [0.2, 0.25) is 0 Å². The van der Waals surface area contributed by atoms with E-state index in [2.05, 4.69) is 14.7 Å². The summed E-state index contributed by atoms with van der Waals surface area (Å²) < 4.78 is 4.64. The highest BCUT2D eigenvalue weighted by Crippen LogP contribution is 2.26. The molecule has 2 aromatic rings. The van der Waals surface area contributed by atoms with Gasteiger partial charge in [0.15, 0.2) is 0 Å². The van der Waals surface area contributed by atoms with Gasteiger partial charge in [0.05, 0.1) is 12.7 Å². The molecule has 0 aliphatic heterocycles. The molecular formula is C13H12N2O2S. The zero-order valence-electron chi connectivity index (χ0n) is 10.1. The number of hydrogen-bond donors (Lipinski definition) is 0. The number of aromatic nitrogens is 2. The quantitative estimate of drug-likeness (QED) is 0.794. The van der Waals surface area contributed by atoms with Gasteiger partial charge in [-0.3, -0.25) is 0 Å². The lowest BCUT2D eigenvalue weighted by Gasteiger charge is -2.03. The molecule has 0 unspecified atom stereocenters. The van der Waals surface area contributed by atoms with E-state index in [0.717, 1.165) is 15.6 Å². The summed E-state index contributed by atoms with van der Waals surface area (Å²) in [6, 6.07) is 7.22. The minimum atomic E-state index is -0.329. The number of hydrogen-bond acceptors (Lipinski definition) is 5. The Morgan fingerprint density at radius 2 is 1.72 bits per heavy atom. The number of nitrogens with zero attached hydrogens (tertiary/aromatic N) is 2. The normalized spacial score (nSPS) is 10.1. The minimum absolute atomic E-state index is 0.329. The van der Waals surface area contributed by atoms with Gasteiger partial charge in [0.1, 0.15) is 5.82 Å². The van der Waals surface area contributed by atoms with E-state index in [9.17, 15) is 4.79 Å². The van der Waals surface area contributed by atoms with Crippen LogP contribution in [0, 0.1) is 6.92 Å². The molecule has 2 rings (SSSR count). The van der Waals surface area contributed by atoms with Crippen LogP contribution in [0.15, 0.2) is 46.5 Å². The fourth-order valence-electron chi connectivity index (χ4n) is 1.35. The van der Waals surface area contributed by atoms with E-state index in [1.54, 1.807) is 36.3 Å². The number of ether oxygens (including phenoxy) is 1. The van der Waals surface area contributed by atoms with Gasteiger partial charge in [-0.15, -0.1) is 0 Å². The van der Waals surface area contributed by atoms with Crippen molar-refractivity contribution in [1.29, 1.82) is 0 Å². The molecule has 0 radical (unpaired) electrons. The van der Waals surface area contributed by atoms with Gasteiger partial charge in [-0.05, 0) is 31.2 Å². The van der Waals surface area contributed by atoms with Crippen LogP contribution < -0.4 is 0 Å². The average molecular weight is 260 g/mol. The Morgan fingerprint density at radius 1 is 1.11 bits per heavy atom. The maximum atomic E-state index is 11.3. The van der Waals surface area contributed by atoms with E-state index in [0.29, 0.717) is 5.56 Å². The standard InChI is InChI=1S/C13H12N2O2S/c1-9-14-7-12(8-15-9)18-11-5-3-10(4-6-11)13(16)17-2/h3-8H,1-2H3. The topological polar surface area (TPSA) is 52.1 Å². The fraction of sp³-hybridized carbons (Fsp3) is 0.154. The Kier molecular flexibility index (Phi) is 3.94. The van der Waals surface area contributed by atoms with Crippen molar-refractivity contribution >= 4 is 17.7 Å². The predicted octanol–water partition coefficient (Wildman–Crippen LogP) is 2.72. The summed E-state index contributed by atoms with van der Waals surface area (Å²) in [6.07, 6.45) is 3.56. The van der Waals surface area contributed by atoms with Crippen molar-refractivity contribution in [1.82, 2.24) is 9.97 Å². The molecule has 1 heterocycles. The van der Waals surface area contributed by atoms with Crippen LogP contribution in [0.4, 0.5) is 0 Å². The van der Waals surface area contributed by atoms with Crippen LogP contribution in [0.1, 0.15) is 16.2 Å². The smallest absolute Gasteiger partial charge is 0.337 e. The van der Waals surface area contributed by atoms with Crippen LogP contribution in [0.3, 0.4) is 0 Å². The highest BCUT2D eigenvalue weighted by molar-refractivity contribution is 7.99. The highest BCUT2D eigenvalue weighted by Gasteiger charge is 2.05. The maximum absolute atomic E-state index is 11.3. The second kappa shape index (κ2) is 5.64. The Hall–Kier alpha value is -1.88. The van der Waals surface area contributed by atoms with Crippen LogP contribution in [0.25, 0.3) is 0 Å². The first-order chi connectivity index (χ1) is 8.69. The van der Waals surface area contributed by atoms with E-state index >= 15 is 0 Å². The first kappa shape index (κ1) is 12.6. The van der Waals surface area contributed by atoms with Gasteiger partial charge in [-0.2, -0.15) is 0 Å². The van der Waals surface area contributed by atoms with Crippen LogP contribution in [-0.4, -0.2) is 23.0 Å². The minimum Gasteiger partial charge on any atom is -0.465 e. The molecule has 0 aliphatic rings. The summed E-state index contributed by atoms with van der Waals surface area (Å²) >= 11 is 1.55. The predicted molar refractivity (Wildman–Crippen MR) is 68.7 cm³/mol. The molecule has 4 nitrogen and oxygen atoms in total. The summed E-state index contributed by atoms with van der Waals surface area (Å²) in [7, 11) is 1.37. The van der Waals surface area contributed by atoms with Crippen molar-refractivity contribution in [3.63, 3.8) is 0 Å². The van der Waals surface area contributed by atoms with Crippen molar-refractivity contribution in [2.75, 3.05) is 7.11 Å². The summed E-state index contributed by atoms with van der Waals surface area (Å²) in [4.78, 5) is 21.5. The number of esters is 1. The molecule has 0 aliphatic carbocycles. The number of carbonyl (C=O) groups excluding carboxylic acids is 1. The van der Waals surface area contributed by atoms with Crippen molar-refractivity contribution in [3.8, 4) is 0 Å². The first-order valence-corrected chi connectivity index (χ1v) is 6.15. The highest BCUT2D eigenvalue weighted by atomic mass is 32.2. The van der Waals surface area contributed by atoms with Crippen molar-refractivity contribution < 1.29 is 9.53 Å². The molecule has 1 aromatic carbocycles. The maximum Gasteiger partial charge on any atom is 0.337 e. The van der Waals surface area contributed by atoms with Gasteiger partial charge in [-0.25, -0.2) is 14.8 Å². The first-order valence-electron chi connectivity index (χ1n) is 5.34. The second-order valence-electron chi connectivity index (χ2n) is 3.58. The molecule has 0 amide bonds. The zero-order chi connectivity index (χ0) is 13.0. The Bertz CT molecular complexity index is 538. The lowest BCUT2D eigenvalue weighted by atomic mass is 10.2. The molecule has 1 aromatic heterocycles. The lowest BCUT2D eigenvalue weighted by Crippen LogP contribution is -2.00. The van der Waals surface area contributed by atoms with Crippen molar-refractivity contribution in [2.45, 2.75) is 16.7 Å². The molecule has 0 spiro atoms. The van der Waals surface area contributed by atoms with Crippen LogP contribution in [-0.2, 0) is 4.74 Å². The molecule has 0 bridgehead atoms. The lowest BCUT2D eigenvalue weighted by molar-refractivity contribution is 0.0600. The average Bonchev–Trinajstić information content (AvgIpc) is 2.41. The number of carbonyl (C=O) groups is 1. The summed E-state index contributed by atoms with van der Waals surface area (Å²) in [6.45, 7) is 1.85. The fourth-order valence-corrected chi connectivity index (χ4v) is 2.10. The monoisotopic (exact) mass is 260 g/mol. The Labute approximate surface area is 109 Å². The number of benzene rings is 1. The van der Waals surface area contributed by atoms with Gasteiger partial charge in [-0.1, -0.05) is 11.8 Å². The molecule has 0 atom stereocenters. The molecule has 5 heteroatoms. The SMILES string of the molecule is COC(=O)c1ccc(Sc2cnc(C)nc2)cc1. The van der Waals surface area contributed by atoms with Gasteiger partial charge in [0.25, 0.3) is 0 Å². The second-order valence-corrected chi connectivity index (χ2v) is 4.73. The summed E-state index contributed by atoms with van der Waals surface area (Å²) in [5, 5.41) is 0. The van der Waals surface area contributed by atoms with Crippen molar-refractivity contribution in [2.24, 2.45) is 0 Å². The number of aryl methyl sites for hydroxylation is 1. The summed E-state index contributed by atoms with van der Waals surface area (Å²) in [5.41, 5.74) is 0.544. The molecule has 0 saturated heterocycles.